The van der Waals surface area contributed by atoms with Crippen LogP contribution in [0.2, 0.25) is 0 Å². The molecule has 0 saturated heterocycles. The molecule has 0 saturated carbocycles. The maximum absolute atomic E-state index is 12.2. The first kappa shape index (κ1) is 24.8. The minimum absolute atomic E-state index is 0.113. The quantitative estimate of drug-likeness (QED) is 0.133. The summed E-state index contributed by atoms with van der Waals surface area (Å²) in [7, 11) is 0. The lowest BCUT2D eigenvalue weighted by molar-refractivity contribution is 0.253. The van der Waals surface area contributed by atoms with E-state index in [9.17, 15) is 14.7 Å². The molecule has 0 fully saturated rings. The van der Waals surface area contributed by atoms with E-state index in [4.69, 9.17) is 23.2 Å². The molecule has 38 heavy (non-hydrogen) atoms. The van der Waals surface area contributed by atoms with Gasteiger partial charge in [-0.05, 0) is 35.4 Å². The van der Waals surface area contributed by atoms with Crippen LogP contribution in [0, 0.1) is 0 Å². The van der Waals surface area contributed by atoms with Crippen molar-refractivity contribution in [2.75, 3.05) is 16.6 Å². The second-order valence-corrected chi connectivity index (χ2v) is 8.73. The lowest BCUT2D eigenvalue weighted by Crippen LogP contribution is -2.42. The van der Waals surface area contributed by atoms with Gasteiger partial charge in [0.25, 0.3) is 0 Å². The van der Waals surface area contributed by atoms with Gasteiger partial charge in [0.2, 0.25) is 0 Å². The largest absolute Gasteiger partial charge is 0.395 e. The van der Waals surface area contributed by atoms with Crippen LogP contribution in [-0.4, -0.2) is 28.3 Å². The van der Waals surface area contributed by atoms with Crippen molar-refractivity contribution in [2.45, 2.75) is 6.54 Å². The average molecular weight is 510 g/mol. The number of hydrogen-bond acceptors (Lipinski definition) is 5. The van der Waals surface area contributed by atoms with E-state index in [0.717, 1.165) is 43.0 Å². The molecule has 1 heterocycles. The van der Waals surface area contributed by atoms with Gasteiger partial charge in [0.05, 0.1) is 18.0 Å². The molecule has 9 N–H and O–H groups in total. The lowest BCUT2D eigenvalue weighted by Gasteiger charge is -2.21. The number of carbonyl (C=O) groups excluding carboxylic acids is 2. The maximum Gasteiger partial charge on any atom is 0.333 e. The van der Waals surface area contributed by atoms with Crippen LogP contribution in [-0.2, 0) is 6.54 Å². The fraction of sp³-hybridized carbons (Fsp3) is 0.0714. The topological polar surface area (TPSA) is 170 Å². The van der Waals surface area contributed by atoms with Crippen LogP contribution in [0.1, 0.15) is 0 Å². The molecule has 0 atom stereocenters. The number of urea groups is 2. The molecule has 0 aliphatic heterocycles. The Hall–Kier alpha value is -4.90. The SMILES string of the molecule is NC(=O)N(N)c1ccc2c(c1-c1ccccc1)c1c(-c3ccccc3)c(N(N)C(N)=O)ccc1n2CCO. The number of carbonyl (C=O) groups is 2. The summed E-state index contributed by atoms with van der Waals surface area (Å²) in [6, 6.07) is 24.4. The predicted molar refractivity (Wildman–Crippen MR) is 150 cm³/mol. The number of aliphatic hydroxyl groups is 1. The molecule has 0 spiro atoms. The predicted octanol–water partition coefficient (Wildman–Crippen LogP) is 3.64. The number of nitrogens with zero attached hydrogens (tertiary/aromatic N) is 3. The number of nitrogens with two attached hydrogens (primary N) is 4. The van der Waals surface area contributed by atoms with Crippen molar-refractivity contribution in [2.24, 2.45) is 23.2 Å². The number of hydrazine groups is 2. The van der Waals surface area contributed by atoms with Gasteiger partial charge in [0.1, 0.15) is 0 Å². The Kier molecular flexibility index (Phi) is 6.43. The van der Waals surface area contributed by atoms with Crippen molar-refractivity contribution in [3.05, 3.63) is 84.9 Å². The Morgan fingerprint density at radius 3 is 1.39 bits per heavy atom. The van der Waals surface area contributed by atoms with Gasteiger partial charge in [0.15, 0.2) is 0 Å². The first-order valence-electron chi connectivity index (χ1n) is 11.9. The highest BCUT2D eigenvalue weighted by Crippen LogP contribution is 2.47. The highest BCUT2D eigenvalue weighted by molar-refractivity contribution is 6.24. The van der Waals surface area contributed by atoms with Gasteiger partial charge in [-0.3, -0.25) is 0 Å². The van der Waals surface area contributed by atoms with Gasteiger partial charge in [-0.1, -0.05) is 60.7 Å². The van der Waals surface area contributed by atoms with Gasteiger partial charge >= 0.3 is 12.1 Å². The highest BCUT2D eigenvalue weighted by atomic mass is 16.3. The van der Waals surface area contributed by atoms with E-state index in [0.29, 0.717) is 29.0 Å². The summed E-state index contributed by atoms with van der Waals surface area (Å²) in [6.07, 6.45) is 0. The van der Waals surface area contributed by atoms with Gasteiger partial charge in [0, 0.05) is 39.5 Å². The second kappa shape index (κ2) is 9.87. The van der Waals surface area contributed by atoms with E-state index in [1.807, 2.05) is 77.4 Å². The molecule has 192 valence electrons. The first-order chi connectivity index (χ1) is 18.3. The fourth-order valence-corrected chi connectivity index (χ4v) is 5.02. The highest BCUT2D eigenvalue weighted by Gasteiger charge is 2.26. The average Bonchev–Trinajstić information content (AvgIpc) is 3.25. The van der Waals surface area contributed by atoms with Gasteiger partial charge in [-0.15, -0.1) is 0 Å². The Balaban J connectivity index is 2.07. The van der Waals surface area contributed by atoms with E-state index in [-0.39, 0.29) is 6.61 Å². The Bertz CT molecular complexity index is 1550. The molecule has 10 heteroatoms. The number of fused-ring (bicyclic) bond motifs is 3. The molecule has 4 amide bonds. The summed E-state index contributed by atoms with van der Waals surface area (Å²) in [5.41, 5.74) is 16.4. The van der Waals surface area contributed by atoms with Crippen LogP contribution in [0.4, 0.5) is 21.0 Å². The first-order valence-corrected chi connectivity index (χ1v) is 11.9. The van der Waals surface area contributed by atoms with Crippen LogP contribution in [0.25, 0.3) is 44.1 Å². The summed E-state index contributed by atoms with van der Waals surface area (Å²) in [6.45, 7) is 0.184. The van der Waals surface area contributed by atoms with E-state index in [2.05, 4.69) is 0 Å². The molecule has 1 aromatic heterocycles. The Labute approximate surface area is 218 Å². The normalized spacial score (nSPS) is 11.1. The Morgan fingerprint density at radius 2 is 1.05 bits per heavy atom. The third-order valence-corrected chi connectivity index (χ3v) is 6.60. The Morgan fingerprint density at radius 1 is 0.658 bits per heavy atom. The molecular formula is C28H27N7O3. The number of rotatable bonds is 6. The van der Waals surface area contributed by atoms with E-state index in [1.54, 1.807) is 12.1 Å². The third kappa shape index (κ3) is 3.98. The van der Waals surface area contributed by atoms with Crippen molar-refractivity contribution >= 4 is 45.2 Å². The van der Waals surface area contributed by atoms with Gasteiger partial charge in [-0.2, -0.15) is 0 Å². The molecule has 0 unspecified atom stereocenters. The number of aliphatic hydroxyl groups excluding tert-OH is 1. The second-order valence-electron chi connectivity index (χ2n) is 8.73. The summed E-state index contributed by atoms with van der Waals surface area (Å²) in [5, 5.41) is 13.3. The minimum Gasteiger partial charge on any atom is -0.395 e. The van der Waals surface area contributed by atoms with Crippen molar-refractivity contribution in [3.8, 4) is 22.3 Å². The van der Waals surface area contributed by atoms with E-state index < -0.39 is 12.1 Å². The number of benzene rings is 4. The number of primary amides is 2. The van der Waals surface area contributed by atoms with Crippen LogP contribution in [0.15, 0.2) is 84.9 Å². The summed E-state index contributed by atoms with van der Waals surface area (Å²) < 4.78 is 1.98. The summed E-state index contributed by atoms with van der Waals surface area (Å²) in [4.78, 5) is 24.4. The molecule has 4 aromatic carbocycles. The lowest BCUT2D eigenvalue weighted by atomic mass is 9.92. The minimum atomic E-state index is -0.827. The molecule has 0 radical (unpaired) electrons. The van der Waals surface area contributed by atoms with Crippen LogP contribution in [0.5, 0.6) is 0 Å². The van der Waals surface area contributed by atoms with Crippen LogP contribution < -0.4 is 33.2 Å². The summed E-state index contributed by atoms with van der Waals surface area (Å²) in [5.74, 6) is 12.3. The third-order valence-electron chi connectivity index (χ3n) is 6.60. The zero-order chi connectivity index (χ0) is 27.0. The number of amides is 4. The van der Waals surface area contributed by atoms with E-state index >= 15 is 0 Å². The zero-order valence-corrected chi connectivity index (χ0v) is 20.4. The van der Waals surface area contributed by atoms with Crippen molar-refractivity contribution < 1.29 is 14.7 Å². The van der Waals surface area contributed by atoms with Gasteiger partial charge < -0.3 is 21.1 Å². The summed E-state index contributed by atoms with van der Waals surface area (Å²) >= 11 is 0. The van der Waals surface area contributed by atoms with Crippen molar-refractivity contribution in [1.82, 2.24) is 4.57 Å². The fourth-order valence-electron chi connectivity index (χ4n) is 5.02. The number of anilines is 2. The molecule has 0 bridgehead atoms. The number of aromatic nitrogens is 1. The van der Waals surface area contributed by atoms with Crippen molar-refractivity contribution in [1.29, 1.82) is 0 Å². The molecule has 0 aliphatic carbocycles. The van der Waals surface area contributed by atoms with Crippen molar-refractivity contribution in [3.63, 3.8) is 0 Å². The van der Waals surface area contributed by atoms with Gasteiger partial charge in [-0.25, -0.2) is 31.3 Å². The maximum atomic E-state index is 12.2. The smallest absolute Gasteiger partial charge is 0.333 e. The van der Waals surface area contributed by atoms with Crippen LogP contribution >= 0.6 is 0 Å². The molecule has 5 aromatic rings. The molecular weight excluding hydrogens is 482 g/mol. The monoisotopic (exact) mass is 509 g/mol. The number of hydrogen-bond donors (Lipinski definition) is 5. The molecule has 5 rings (SSSR count). The zero-order valence-electron chi connectivity index (χ0n) is 20.4. The molecule has 10 nitrogen and oxygen atoms in total. The van der Waals surface area contributed by atoms with E-state index in [1.165, 1.54) is 0 Å². The standard InChI is InChI=1S/C28H27N7O3/c29-27(37)34(31)21-13-11-19-25(23(21)17-7-3-1-4-8-17)26-20(33(19)15-16-36)12-14-22(35(32)28(30)38)24(26)18-9-5-2-6-10-18/h1-14,36H,15-16,31-32H2,(H2,29,37)(H2,30,38). The molecule has 0 aliphatic rings. The van der Waals surface area contributed by atoms with Crippen LogP contribution in [0.3, 0.4) is 0 Å².